The van der Waals surface area contributed by atoms with Gasteiger partial charge >= 0.3 is 6.01 Å². The van der Waals surface area contributed by atoms with Crippen molar-refractivity contribution in [1.29, 1.82) is 0 Å². The molecule has 0 radical (unpaired) electrons. The standard InChI is InChI=1S/C19H27N3O3/c1-6-14-7-9-15(10-8-14)17-20-18(25-12-11-24-5)21-22(17)16(23)13-19(2,3)4/h7-10H,6,11-13H2,1-5H3. The Morgan fingerprint density at radius 1 is 1.16 bits per heavy atom. The largest absolute Gasteiger partial charge is 0.460 e. The van der Waals surface area contributed by atoms with Crippen LogP contribution in [0.25, 0.3) is 11.4 Å². The van der Waals surface area contributed by atoms with E-state index in [4.69, 9.17) is 9.47 Å². The minimum absolute atomic E-state index is 0.101. The van der Waals surface area contributed by atoms with Crippen molar-refractivity contribution in [2.24, 2.45) is 5.41 Å². The van der Waals surface area contributed by atoms with E-state index in [-0.39, 0.29) is 17.3 Å². The molecular formula is C19H27N3O3. The summed E-state index contributed by atoms with van der Waals surface area (Å²) >= 11 is 0. The summed E-state index contributed by atoms with van der Waals surface area (Å²) in [5, 5.41) is 4.26. The van der Waals surface area contributed by atoms with Crippen molar-refractivity contribution in [3.63, 3.8) is 0 Å². The van der Waals surface area contributed by atoms with Gasteiger partial charge in [-0.2, -0.15) is 9.67 Å². The molecule has 0 saturated carbocycles. The number of hydrogen-bond donors (Lipinski definition) is 0. The lowest BCUT2D eigenvalue weighted by atomic mass is 9.92. The highest BCUT2D eigenvalue weighted by Crippen LogP contribution is 2.24. The molecule has 0 saturated heterocycles. The fourth-order valence-corrected chi connectivity index (χ4v) is 2.35. The van der Waals surface area contributed by atoms with E-state index >= 15 is 0 Å². The molecule has 0 unspecified atom stereocenters. The molecule has 1 aromatic heterocycles. The van der Waals surface area contributed by atoms with E-state index in [0.717, 1.165) is 12.0 Å². The van der Waals surface area contributed by atoms with E-state index < -0.39 is 0 Å². The minimum atomic E-state index is -0.135. The second kappa shape index (κ2) is 8.25. The maximum Gasteiger partial charge on any atom is 0.336 e. The molecule has 2 aromatic rings. The third kappa shape index (κ3) is 5.39. The van der Waals surface area contributed by atoms with Gasteiger partial charge in [0.2, 0.25) is 5.91 Å². The molecule has 25 heavy (non-hydrogen) atoms. The summed E-state index contributed by atoms with van der Waals surface area (Å²) in [4.78, 5) is 17.1. The van der Waals surface area contributed by atoms with Crippen LogP contribution in [0, 0.1) is 5.41 Å². The number of carbonyl (C=O) groups is 1. The zero-order chi connectivity index (χ0) is 18.4. The van der Waals surface area contributed by atoms with Crippen LogP contribution < -0.4 is 4.74 Å². The number of aromatic nitrogens is 3. The van der Waals surface area contributed by atoms with Crippen LogP contribution in [0.3, 0.4) is 0 Å². The zero-order valence-corrected chi connectivity index (χ0v) is 15.7. The molecule has 1 heterocycles. The fraction of sp³-hybridized carbons (Fsp3) is 0.526. The molecule has 0 amide bonds. The summed E-state index contributed by atoms with van der Waals surface area (Å²) in [6.07, 6.45) is 1.33. The number of methoxy groups -OCH3 is 1. The maximum absolute atomic E-state index is 12.7. The van der Waals surface area contributed by atoms with Crippen LogP contribution in [0.1, 0.15) is 44.5 Å². The van der Waals surface area contributed by atoms with Gasteiger partial charge in [0.1, 0.15) is 6.61 Å². The van der Waals surface area contributed by atoms with Gasteiger partial charge in [-0.3, -0.25) is 4.79 Å². The molecule has 0 N–H and O–H groups in total. The number of hydrogen-bond acceptors (Lipinski definition) is 5. The highest BCUT2D eigenvalue weighted by Gasteiger charge is 2.23. The van der Waals surface area contributed by atoms with Gasteiger partial charge in [0, 0.05) is 19.1 Å². The smallest absolute Gasteiger partial charge is 0.336 e. The Balaban J connectivity index is 2.35. The fourth-order valence-electron chi connectivity index (χ4n) is 2.35. The van der Waals surface area contributed by atoms with E-state index in [1.807, 2.05) is 45.0 Å². The van der Waals surface area contributed by atoms with Crippen LogP contribution in [0.5, 0.6) is 6.01 Å². The van der Waals surface area contributed by atoms with Crippen molar-refractivity contribution in [2.45, 2.75) is 40.5 Å². The van der Waals surface area contributed by atoms with Gasteiger partial charge in [-0.1, -0.05) is 52.0 Å². The van der Waals surface area contributed by atoms with Crippen LogP contribution in [-0.4, -0.2) is 41.0 Å². The third-order valence-electron chi connectivity index (χ3n) is 3.64. The first kappa shape index (κ1) is 19.1. The van der Waals surface area contributed by atoms with Crippen LogP contribution in [-0.2, 0) is 11.2 Å². The lowest BCUT2D eigenvalue weighted by molar-refractivity contribution is 0.0838. The van der Waals surface area contributed by atoms with Gasteiger partial charge in [0.25, 0.3) is 0 Å². The normalized spacial score (nSPS) is 11.6. The highest BCUT2D eigenvalue weighted by atomic mass is 16.5. The van der Waals surface area contributed by atoms with Crippen molar-refractivity contribution in [1.82, 2.24) is 14.8 Å². The van der Waals surface area contributed by atoms with Crippen LogP contribution in [0.4, 0.5) is 0 Å². The third-order valence-corrected chi connectivity index (χ3v) is 3.64. The average Bonchev–Trinajstić information content (AvgIpc) is 2.98. The average molecular weight is 345 g/mol. The predicted molar refractivity (Wildman–Crippen MR) is 96.9 cm³/mol. The second-order valence-electron chi connectivity index (χ2n) is 7.15. The molecule has 0 atom stereocenters. The molecule has 0 aliphatic heterocycles. The molecule has 136 valence electrons. The molecule has 6 nitrogen and oxygen atoms in total. The Bertz CT molecular complexity index is 700. The number of ether oxygens (including phenoxy) is 2. The molecule has 0 spiro atoms. The van der Waals surface area contributed by atoms with Crippen molar-refractivity contribution < 1.29 is 14.3 Å². The van der Waals surface area contributed by atoms with Crippen molar-refractivity contribution >= 4 is 5.91 Å². The van der Waals surface area contributed by atoms with Gasteiger partial charge < -0.3 is 9.47 Å². The SMILES string of the molecule is CCc1ccc(-c2nc(OCCOC)nn2C(=O)CC(C)(C)C)cc1. The summed E-state index contributed by atoms with van der Waals surface area (Å²) < 4.78 is 11.8. The van der Waals surface area contributed by atoms with Crippen LogP contribution in [0.15, 0.2) is 24.3 Å². The van der Waals surface area contributed by atoms with Gasteiger partial charge in [-0.05, 0) is 17.4 Å². The van der Waals surface area contributed by atoms with E-state index in [2.05, 4.69) is 17.0 Å². The Morgan fingerprint density at radius 2 is 1.84 bits per heavy atom. The molecule has 2 rings (SSSR count). The summed E-state index contributed by atoms with van der Waals surface area (Å²) in [5.74, 6) is 0.403. The summed E-state index contributed by atoms with van der Waals surface area (Å²) in [5.41, 5.74) is 1.93. The predicted octanol–water partition coefficient (Wildman–Crippen LogP) is 3.61. The first-order valence-electron chi connectivity index (χ1n) is 8.55. The quantitative estimate of drug-likeness (QED) is 0.717. The molecule has 6 heteroatoms. The van der Waals surface area contributed by atoms with Crippen LogP contribution in [0.2, 0.25) is 0 Å². The molecular weight excluding hydrogens is 318 g/mol. The molecule has 1 aromatic carbocycles. The van der Waals surface area contributed by atoms with Crippen LogP contribution >= 0.6 is 0 Å². The van der Waals surface area contributed by atoms with Crippen molar-refractivity contribution in [3.8, 4) is 17.4 Å². The molecule has 0 aliphatic carbocycles. The van der Waals surface area contributed by atoms with Gasteiger partial charge in [0.15, 0.2) is 5.82 Å². The monoisotopic (exact) mass is 345 g/mol. The first-order chi connectivity index (χ1) is 11.8. The number of carbonyl (C=O) groups excluding carboxylic acids is 1. The molecule has 0 aliphatic rings. The first-order valence-corrected chi connectivity index (χ1v) is 8.55. The Morgan fingerprint density at radius 3 is 2.40 bits per heavy atom. The number of rotatable bonds is 7. The van der Waals surface area contributed by atoms with E-state index in [0.29, 0.717) is 25.5 Å². The van der Waals surface area contributed by atoms with E-state index in [1.165, 1.54) is 10.2 Å². The molecule has 0 bridgehead atoms. The van der Waals surface area contributed by atoms with Crippen molar-refractivity contribution in [3.05, 3.63) is 29.8 Å². The maximum atomic E-state index is 12.7. The number of benzene rings is 1. The number of nitrogens with zero attached hydrogens (tertiary/aromatic N) is 3. The summed E-state index contributed by atoms with van der Waals surface area (Å²) in [6, 6.07) is 8.18. The Labute approximate surface area is 149 Å². The minimum Gasteiger partial charge on any atom is -0.460 e. The lowest BCUT2D eigenvalue weighted by Crippen LogP contribution is -2.21. The zero-order valence-electron chi connectivity index (χ0n) is 15.7. The summed E-state index contributed by atoms with van der Waals surface area (Å²) in [7, 11) is 1.60. The second-order valence-corrected chi connectivity index (χ2v) is 7.15. The lowest BCUT2D eigenvalue weighted by Gasteiger charge is -2.16. The topological polar surface area (TPSA) is 66.2 Å². The van der Waals surface area contributed by atoms with Crippen molar-refractivity contribution in [2.75, 3.05) is 20.3 Å². The highest BCUT2D eigenvalue weighted by molar-refractivity contribution is 5.82. The summed E-state index contributed by atoms with van der Waals surface area (Å²) in [6.45, 7) is 8.94. The van der Waals surface area contributed by atoms with E-state index in [9.17, 15) is 4.79 Å². The van der Waals surface area contributed by atoms with Gasteiger partial charge in [-0.15, -0.1) is 5.10 Å². The van der Waals surface area contributed by atoms with Gasteiger partial charge in [0.05, 0.1) is 6.61 Å². The molecule has 0 fully saturated rings. The Kier molecular flexibility index (Phi) is 6.31. The van der Waals surface area contributed by atoms with Gasteiger partial charge in [-0.25, -0.2) is 0 Å². The Hall–Kier alpha value is -2.21. The number of aryl methyl sites for hydroxylation is 1. The van der Waals surface area contributed by atoms with E-state index in [1.54, 1.807) is 7.11 Å².